The fourth-order valence-corrected chi connectivity index (χ4v) is 3.37. The van der Waals surface area contributed by atoms with Crippen molar-refractivity contribution in [1.29, 1.82) is 0 Å². The van der Waals surface area contributed by atoms with Crippen LogP contribution in [0, 0.1) is 11.8 Å². The number of halogens is 1. The largest absolute Gasteiger partial charge is 0.495 e. The Balaban J connectivity index is 2.02. The number of ether oxygens (including phenoxy) is 1. The summed E-state index contributed by atoms with van der Waals surface area (Å²) in [6.45, 7) is 2.23. The molecule has 3 heteroatoms. The van der Waals surface area contributed by atoms with E-state index in [0.717, 1.165) is 24.3 Å². The number of hydrogen-bond donors (Lipinski definition) is 0. The van der Waals surface area contributed by atoms with Gasteiger partial charge in [-0.15, -0.1) is 0 Å². The molecule has 1 saturated carbocycles. The Morgan fingerprint density at radius 3 is 2.60 bits per heavy atom. The average molecular weight is 295 g/mol. The summed E-state index contributed by atoms with van der Waals surface area (Å²) in [6, 6.07) is 5.32. The van der Waals surface area contributed by atoms with E-state index in [9.17, 15) is 4.79 Å². The first-order valence-electron chi connectivity index (χ1n) is 7.53. The van der Waals surface area contributed by atoms with Gasteiger partial charge < -0.3 is 4.74 Å². The Morgan fingerprint density at radius 2 is 2.00 bits per heavy atom. The zero-order valence-corrected chi connectivity index (χ0v) is 13.1. The van der Waals surface area contributed by atoms with Gasteiger partial charge in [0.25, 0.3) is 0 Å². The first kappa shape index (κ1) is 15.4. The number of carbonyl (C=O) groups excluding carboxylic acids is 1. The maximum atomic E-state index is 12.5. The minimum absolute atomic E-state index is 0.175. The topological polar surface area (TPSA) is 26.3 Å². The second kappa shape index (κ2) is 7.12. The van der Waals surface area contributed by atoms with Gasteiger partial charge in [0.1, 0.15) is 5.75 Å². The van der Waals surface area contributed by atoms with Crippen LogP contribution in [-0.2, 0) is 0 Å². The third-order valence-electron chi connectivity index (χ3n) is 4.35. The maximum Gasteiger partial charge on any atom is 0.166 e. The van der Waals surface area contributed by atoms with E-state index in [2.05, 4.69) is 6.92 Å². The summed E-state index contributed by atoms with van der Waals surface area (Å²) in [5.74, 6) is 1.82. The molecule has 0 bridgehead atoms. The molecule has 0 atom stereocenters. The lowest BCUT2D eigenvalue weighted by atomic mass is 9.77. The highest BCUT2D eigenvalue weighted by atomic mass is 35.5. The molecule has 0 aromatic heterocycles. The molecule has 0 amide bonds. The van der Waals surface area contributed by atoms with Crippen molar-refractivity contribution in [2.75, 3.05) is 7.11 Å². The summed E-state index contributed by atoms with van der Waals surface area (Å²) < 4.78 is 5.19. The van der Waals surface area contributed by atoms with Crippen LogP contribution in [0.4, 0.5) is 0 Å². The van der Waals surface area contributed by atoms with Crippen molar-refractivity contribution in [2.45, 2.75) is 45.4 Å². The Morgan fingerprint density at radius 1 is 1.30 bits per heavy atom. The summed E-state index contributed by atoms with van der Waals surface area (Å²) in [4.78, 5) is 12.5. The van der Waals surface area contributed by atoms with E-state index >= 15 is 0 Å². The van der Waals surface area contributed by atoms with Gasteiger partial charge in [-0.05, 0) is 49.8 Å². The van der Waals surface area contributed by atoms with Crippen LogP contribution < -0.4 is 4.74 Å². The van der Waals surface area contributed by atoms with Crippen LogP contribution in [0.25, 0.3) is 0 Å². The van der Waals surface area contributed by atoms with E-state index < -0.39 is 0 Å². The Hall–Kier alpha value is -1.02. The molecule has 1 aromatic rings. The number of carbonyl (C=O) groups is 1. The molecular formula is C17H23ClO2. The van der Waals surface area contributed by atoms with Crippen molar-refractivity contribution >= 4 is 17.4 Å². The normalized spacial score (nSPS) is 22.6. The summed E-state index contributed by atoms with van der Waals surface area (Å²) in [7, 11) is 1.57. The van der Waals surface area contributed by atoms with Crippen molar-refractivity contribution < 1.29 is 9.53 Å². The standard InChI is InChI=1S/C17H23ClO2/c1-3-4-12-5-7-13(8-6-12)17(19)14-9-10-15(18)16(11-14)20-2/h9-13H,3-8H2,1-2H3. The third-order valence-corrected chi connectivity index (χ3v) is 4.66. The molecule has 1 aliphatic rings. The number of methoxy groups -OCH3 is 1. The smallest absolute Gasteiger partial charge is 0.166 e. The highest BCUT2D eigenvalue weighted by Gasteiger charge is 2.26. The number of hydrogen-bond acceptors (Lipinski definition) is 2. The molecule has 0 aliphatic heterocycles. The van der Waals surface area contributed by atoms with Gasteiger partial charge in [-0.1, -0.05) is 31.4 Å². The van der Waals surface area contributed by atoms with Gasteiger partial charge in [-0.3, -0.25) is 4.79 Å². The minimum Gasteiger partial charge on any atom is -0.495 e. The van der Waals surface area contributed by atoms with E-state index in [1.807, 2.05) is 6.07 Å². The van der Waals surface area contributed by atoms with Gasteiger partial charge in [0, 0.05) is 11.5 Å². The fraction of sp³-hybridized carbons (Fsp3) is 0.588. The average Bonchev–Trinajstić information content (AvgIpc) is 2.48. The molecule has 0 saturated heterocycles. The SMILES string of the molecule is CCCC1CCC(C(=O)c2ccc(Cl)c(OC)c2)CC1. The highest BCUT2D eigenvalue weighted by Crippen LogP contribution is 2.34. The van der Waals surface area contributed by atoms with Gasteiger partial charge >= 0.3 is 0 Å². The van der Waals surface area contributed by atoms with Crippen LogP contribution in [0.2, 0.25) is 5.02 Å². The van der Waals surface area contributed by atoms with Crippen LogP contribution >= 0.6 is 11.6 Å². The van der Waals surface area contributed by atoms with Crippen LogP contribution in [0.5, 0.6) is 5.75 Å². The van der Waals surface area contributed by atoms with Crippen molar-refractivity contribution in [3.8, 4) is 5.75 Å². The van der Waals surface area contributed by atoms with Crippen molar-refractivity contribution in [1.82, 2.24) is 0 Å². The molecule has 2 rings (SSSR count). The molecule has 1 fully saturated rings. The fourth-order valence-electron chi connectivity index (χ4n) is 3.17. The van der Waals surface area contributed by atoms with E-state index in [0.29, 0.717) is 10.8 Å². The van der Waals surface area contributed by atoms with Crippen molar-refractivity contribution in [2.24, 2.45) is 11.8 Å². The van der Waals surface area contributed by atoms with Gasteiger partial charge in [0.05, 0.1) is 12.1 Å². The molecule has 0 heterocycles. The summed E-state index contributed by atoms with van der Waals surface area (Å²) >= 11 is 6.00. The molecule has 0 radical (unpaired) electrons. The second-order valence-electron chi connectivity index (χ2n) is 5.72. The van der Waals surface area contributed by atoms with E-state index in [4.69, 9.17) is 16.3 Å². The molecule has 0 unspecified atom stereocenters. The number of benzene rings is 1. The lowest BCUT2D eigenvalue weighted by molar-refractivity contribution is 0.0869. The lowest BCUT2D eigenvalue weighted by Crippen LogP contribution is -2.22. The van der Waals surface area contributed by atoms with E-state index in [-0.39, 0.29) is 11.7 Å². The Kier molecular flexibility index (Phi) is 5.47. The predicted molar refractivity (Wildman–Crippen MR) is 82.7 cm³/mol. The van der Waals surface area contributed by atoms with Crippen LogP contribution in [-0.4, -0.2) is 12.9 Å². The monoisotopic (exact) mass is 294 g/mol. The zero-order valence-electron chi connectivity index (χ0n) is 12.3. The molecule has 110 valence electrons. The van der Waals surface area contributed by atoms with Gasteiger partial charge in [-0.2, -0.15) is 0 Å². The molecule has 1 aliphatic carbocycles. The van der Waals surface area contributed by atoms with E-state index in [1.54, 1.807) is 19.2 Å². The third kappa shape index (κ3) is 3.54. The molecule has 0 N–H and O–H groups in total. The van der Waals surface area contributed by atoms with E-state index in [1.165, 1.54) is 25.7 Å². The van der Waals surface area contributed by atoms with Crippen LogP contribution in [0.15, 0.2) is 18.2 Å². The second-order valence-corrected chi connectivity index (χ2v) is 6.13. The van der Waals surface area contributed by atoms with Crippen molar-refractivity contribution in [3.05, 3.63) is 28.8 Å². The van der Waals surface area contributed by atoms with Crippen LogP contribution in [0.1, 0.15) is 55.8 Å². The predicted octanol–water partition coefficient (Wildman–Crippen LogP) is 5.14. The highest BCUT2D eigenvalue weighted by molar-refractivity contribution is 6.32. The lowest BCUT2D eigenvalue weighted by Gasteiger charge is -2.27. The number of ketones is 1. The van der Waals surface area contributed by atoms with Gasteiger partial charge in [-0.25, -0.2) is 0 Å². The van der Waals surface area contributed by atoms with Gasteiger partial charge in [0.15, 0.2) is 5.78 Å². The van der Waals surface area contributed by atoms with Gasteiger partial charge in [0.2, 0.25) is 0 Å². The maximum absolute atomic E-state index is 12.5. The summed E-state index contributed by atoms with van der Waals surface area (Å²) in [6.07, 6.45) is 6.97. The minimum atomic E-state index is 0.175. The quantitative estimate of drug-likeness (QED) is 0.703. The first-order valence-corrected chi connectivity index (χ1v) is 7.91. The Bertz CT molecular complexity index is 462. The number of rotatable bonds is 5. The molecule has 1 aromatic carbocycles. The molecule has 20 heavy (non-hydrogen) atoms. The first-order chi connectivity index (χ1) is 9.65. The summed E-state index contributed by atoms with van der Waals surface area (Å²) in [5, 5.41) is 0.552. The molecular weight excluding hydrogens is 272 g/mol. The summed E-state index contributed by atoms with van der Waals surface area (Å²) in [5.41, 5.74) is 0.727. The Labute approximate surface area is 126 Å². The molecule has 2 nitrogen and oxygen atoms in total. The molecule has 0 spiro atoms. The van der Waals surface area contributed by atoms with Crippen LogP contribution in [0.3, 0.4) is 0 Å². The van der Waals surface area contributed by atoms with Crippen molar-refractivity contribution in [3.63, 3.8) is 0 Å². The zero-order chi connectivity index (χ0) is 14.5. The number of Topliss-reactive ketones (excluding diaryl/α,β-unsaturated/α-hetero) is 1.